The molecule has 0 aliphatic carbocycles. The summed E-state index contributed by atoms with van der Waals surface area (Å²) >= 11 is 0. The molecule has 0 unspecified atom stereocenters. The highest BCUT2D eigenvalue weighted by Gasteiger charge is 2.10. The van der Waals surface area contributed by atoms with Crippen molar-refractivity contribution in [3.8, 4) is 5.75 Å². The molecule has 0 fully saturated rings. The zero-order chi connectivity index (χ0) is 12.1. The molecule has 1 aromatic rings. The van der Waals surface area contributed by atoms with Gasteiger partial charge in [-0.25, -0.2) is 4.79 Å². The largest absolute Gasteiger partial charge is 0.514 e. The molecule has 0 bridgehead atoms. The Morgan fingerprint density at radius 3 is 2.31 bits per heavy atom. The van der Waals surface area contributed by atoms with E-state index in [1.165, 1.54) is 24.3 Å². The molecule has 0 amide bonds. The van der Waals surface area contributed by atoms with Crippen LogP contribution in [0.3, 0.4) is 0 Å². The van der Waals surface area contributed by atoms with Crippen LogP contribution in [0.2, 0.25) is 0 Å². The Kier molecular flexibility index (Phi) is 3.82. The van der Waals surface area contributed by atoms with Gasteiger partial charge in [0, 0.05) is 12.1 Å². The summed E-state index contributed by atoms with van der Waals surface area (Å²) in [5, 5.41) is 10.4. The lowest BCUT2D eigenvalue weighted by molar-refractivity contribution is -0.384. The van der Waals surface area contributed by atoms with E-state index in [1.807, 2.05) is 0 Å². The number of rotatable bonds is 3. The molecule has 0 saturated carbocycles. The van der Waals surface area contributed by atoms with Crippen molar-refractivity contribution in [2.24, 2.45) is 0 Å². The summed E-state index contributed by atoms with van der Waals surface area (Å²) in [5.74, 6) is 0.205. The summed E-state index contributed by atoms with van der Waals surface area (Å²) in [6.07, 6.45) is -1.10. The molecule has 0 aromatic heterocycles. The number of nitro groups is 1. The van der Waals surface area contributed by atoms with Gasteiger partial charge in [0.1, 0.15) is 5.75 Å². The third kappa shape index (κ3) is 3.56. The van der Waals surface area contributed by atoms with Crippen LogP contribution in [0.1, 0.15) is 13.8 Å². The molecule has 0 aliphatic rings. The van der Waals surface area contributed by atoms with Gasteiger partial charge >= 0.3 is 6.16 Å². The van der Waals surface area contributed by atoms with Crippen molar-refractivity contribution in [1.29, 1.82) is 0 Å². The van der Waals surface area contributed by atoms with E-state index in [0.29, 0.717) is 0 Å². The van der Waals surface area contributed by atoms with Crippen molar-refractivity contribution in [3.05, 3.63) is 34.4 Å². The van der Waals surface area contributed by atoms with E-state index >= 15 is 0 Å². The molecule has 0 spiro atoms. The first-order valence-corrected chi connectivity index (χ1v) is 4.62. The maximum atomic E-state index is 11.1. The molecule has 1 rings (SSSR count). The van der Waals surface area contributed by atoms with Crippen LogP contribution in [-0.4, -0.2) is 17.2 Å². The number of nitrogens with zero attached hydrogens (tertiary/aromatic N) is 1. The lowest BCUT2D eigenvalue weighted by Gasteiger charge is -2.07. The van der Waals surface area contributed by atoms with E-state index in [9.17, 15) is 14.9 Å². The fourth-order valence-corrected chi connectivity index (χ4v) is 0.949. The van der Waals surface area contributed by atoms with E-state index in [2.05, 4.69) is 0 Å². The van der Waals surface area contributed by atoms with Crippen molar-refractivity contribution in [2.75, 3.05) is 0 Å². The second-order valence-electron chi connectivity index (χ2n) is 3.27. The molecule has 0 radical (unpaired) electrons. The van der Waals surface area contributed by atoms with Crippen molar-refractivity contribution < 1.29 is 19.2 Å². The van der Waals surface area contributed by atoms with Gasteiger partial charge in [-0.05, 0) is 26.0 Å². The van der Waals surface area contributed by atoms with Crippen LogP contribution >= 0.6 is 0 Å². The summed E-state index contributed by atoms with van der Waals surface area (Å²) in [4.78, 5) is 20.9. The maximum absolute atomic E-state index is 11.1. The number of nitro benzene ring substituents is 1. The number of carbonyl (C=O) groups is 1. The first kappa shape index (κ1) is 12.0. The molecule has 6 heteroatoms. The third-order valence-electron chi connectivity index (χ3n) is 1.58. The van der Waals surface area contributed by atoms with Crippen LogP contribution in [0.4, 0.5) is 10.5 Å². The van der Waals surface area contributed by atoms with Gasteiger partial charge in [-0.3, -0.25) is 10.1 Å². The number of hydrogen-bond acceptors (Lipinski definition) is 5. The van der Waals surface area contributed by atoms with Crippen molar-refractivity contribution in [3.63, 3.8) is 0 Å². The van der Waals surface area contributed by atoms with Gasteiger partial charge in [-0.15, -0.1) is 0 Å². The summed E-state index contributed by atoms with van der Waals surface area (Å²) in [7, 11) is 0. The average molecular weight is 225 g/mol. The molecule has 86 valence electrons. The van der Waals surface area contributed by atoms with E-state index in [4.69, 9.17) is 9.47 Å². The molecule has 0 saturated heterocycles. The van der Waals surface area contributed by atoms with Crippen molar-refractivity contribution in [2.45, 2.75) is 20.0 Å². The number of ether oxygens (including phenoxy) is 2. The monoisotopic (exact) mass is 225 g/mol. The zero-order valence-electron chi connectivity index (χ0n) is 8.88. The number of benzene rings is 1. The van der Waals surface area contributed by atoms with Gasteiger partial charge in [0.2, 0.25) is 0 Å². The molecule has 0 atom stereocenters. The summed E-state index contributed by atoms with van der Waals surface area (Å²) in [6.45, 7) is 3.38. The molecular formula is C10H11NO5. The fraction of sp³-hybridized carbons (Fsp3) is 0.300. The summed E-state index contributed by atoms with van der Waals surface area (Å²) in [5.41, 5.74) is -0.0652. The number of hydrogen-bond donors (Lipinski definition) is 0. The summed E-state index contributed by atoms with van der Waals surface area (Å²) < 4.78 is 9.51. The molecule has 0 aliphatic heterocycles. The molecule has 6 nitrogen and oxygen atoms in total. The zero-order valence-corrected chi connectivity index (χ0v) is 8.88. The van der Waals surface area contributed by atoms with Crippen molar-refractivity contribution in [1.82, 2.24) is 0 Å². The van der Waals surface area contributed by atoms with Crippen LogP contribution in [0.15, 0.2) is 24.3 Å². The van der Waals surface area contributed by atoms with Crippen LogP contribution in [0, 0.1) is 10.1 Å². The Balaban J connectivity index is 2.62. The Hall–Kier alpha value is -2.11. The van der Waals surface area contributed by atoms with E-state index in [1.54, 1.807) is 13.8 Å². The quantitative estimate of drug-likeness (QED) is 0.342. The molecular weight excluding hydrogens is 214 g/mol. The normalized spacial score (nSPS) is 9.94. The van der Waals surface area contributed by atoms with Crippen LogP contribution < -0.4 is 4.74 Å². The molecule has 16 heavy (non-hydrogen) atoms. The first-order chi connectivity index (χ1) is 7.49. The van der Waals surface area contributed by atoms with Gasteiger partial charge in [0.05, 0.1) is 11.0 Å². The summed E-state index contributed by atoms with van der Waals surface area (Å²) in [6, 6.07) is 5.16. The Morgan fingerprint density at radius 1 is 1.31 bits per heavy atom. The predicted octanol–water partition coefficient (Wildman–Crippen LogP) is 2.52. The van der Waals surface area contributed by atoms with Gasteiger partial charge < -0.3 is 9.47 Å². The molecule has 0 N–H and O–H groups in total. The highest BCUT2D eigenvalue weighted by atomic mass is 16.7. The van der Waals surface area contributed by atoms with Gasteiger partial charge in [-0.1, -0.05) is 0 Å². The number of carbonyl (C=O) groups excluding carboxylic acids is 1. The SMILES string of the molecule is CC(C)OC(=O)Oc1ccc([N+](=O)[O-])cc1. The predicted molar refractivity (Wildman–Crippen MR) is 55.3 cm³/mol. The lowest BCUT2D eigenvalue weighted by Crippen LogP contribution is -2.15. The average Bonchev–Trinajstić information content (AvgIpc) is 2.16. The third-order valence-corrected chi connectivity index (χ3v) is 1.58. The number of non-ortho nitro benzene ring substituents is 1. The van der Waals surface area contributed by atoms with Crippen LogP contribution in [-0.2, 0) is 4.74 Å². The molecule has 1 aromatic carbocycles. The molecule has 0 heterocycles. The Bertz CT molecular complexity index is 385. The lowest BCUT2D eigenvalue weighted by atomic mass is 10.3. The standard InChI is InChI=1S/C10H11NO5/c1-7(2)15-10(12)16-9-5-3-8(4-6-9)11(13)14/h3-7H,1-2H3. The van der Waals surface area contributed by atoms with Gasteiger partial charge in [0.15, 0.2) is 0 Å². The minimum absolute atomic E-state index is 0.0652. The maximum Gasteiger partial charge on any atom is 0.514 e. The fourth-order valence-electron chi connectivity index (χ4n) is 0.949. The highest BCUT2D eigenvalue weighted by molar-refractivity contribution is 5.64. The van der Waals surface area contributed by atoms with Crippen LogP contribution in [0.25, 0.3) is 0 Å². The Labute approximate surface area is 91.9 Å². The van der Waals surface area contributed by atoms with E-state index < -0.39 is 11.1 Å². The Morgan fingerprint density at radius 2 is 1.88 bits per heavy atom. The second kappa shape index (κ2) is 5.11. The van der Waals surface area contributed by atoms with Gasteiger partial charge in [0.25, 0.3) is 5.69 Å². The minimum atomic E-state index is -0.830. The van der Waals surface area contributed by atoms with E-state index in [0.717, 1.165) is 0 Å². The van der Waals surface area contributed by atoms with E-state index in [-0.39, 0.29) is 17.5 Å². The topological polar surface area (TPSA) is 78.7 Å². The minimum Gasteiger partial charge on any atom is -0.431 e. The smallest absolute Gasteiger partial charge is 0.431 e. The van der Waals surface area contributed by atoms with Gasteiger partial charge in [-0.2, -0.15) is 0 Å². The van der Waals surface area contributed by atoms with Crippen molar-refractivity contribution >= 4 is 11.8 Å². The van der Waals surface area contributed by atoms with Crippen LogP contribution in [0.5, 0.6) is 5.75 Å². The second-order valence-corrected chi connectivity index (χ2v) is 3.27. The first-order valence-electron chi connectivity index (χ1n) is 4.62. The highest BCUT2D eigenvalue weighted by Crippen LogP contribution is 2.17.